The number of nitrogens with zero attached hydrogens (tertiary/aromatic N) is 1. The highest BCUT2D eigenvalue weighted by Gasteiger charge is 2.40. The third-order valence-electron chi connectivity index (χ3n) is 9.89. The molecule has 178 valence electrons. The van der Waals surface area contributed by atoms with E-state index in [4.69, 9.17) is 0 Å². The van der Waals surface area contributed by atoms with E-state index in [0.29, 0.717) is 0 Å². The minimum absolute atomic E-state index is 0.0324. The molecule has 0 aromatic rings. The maximum atomic E-state index is 9.96. The van der Waals surface area contributed by atoms with Gasteiger partial charge in [-0.2, -0.15) is 5.26 Å². The summed E-state index contributed by atoms with van der Waals surface area (Å²) in [5, 5.41) is 9.96. The first kappa shape index (κ1) is 25.1. The molecule has 31 heavy (non-hydrogen) atoms. The van der Waals surface area contributed by atoms with Crippen molar-refractivity contribution in [3.63, 3.8) is 0 Å². The first-order valence-corrected chi connectivity index (χ1v) is 14.6. The molecule has 3 fully saturated rings. The fourth-order valence-electron chi connectivity index (χ4n) is 7.78. The summed E-state index contributed by atoms with van der Waals surface area (Å²) in [5.74, 6) is 4.93. The van der Waals surface area contributed by atoms with Gasteiger partial charge >= 0.3 is 0 Å². The van der Waals surface area contributed by atoms with E-state index < -0.39 is 0 Å². The lowest BCUT2D eigenvalue weighted by molar-refractivity contribution is 0.0814. The molecule has 1 heteroatoms. The van der Waals surface area contributed by atoms with Crippen LogP contribution in [-0.4, -0.2) is 0 Å². The molecular weight excluding hydrogens is 374 g/mol. The standard InChI is InChI=1S/C30H53N/c1-3-5-7-8-9-11-25-13-15-26(16-14-25)27-17-19-28(20-18-27)29-12-10-22-30(23-29,24-31)21-6-4-2/h25-29H,3-23H2,1-2H3. The molecule has 0 saturated heterocycles. The first-order chi connectivity index (χ1) is 15.2. The van der Waals surface area contributed by atoms with Gasteiger partial charge in [0, 0.05) is 0 Å². The molecule has 0 bridgehead atoms. The number of rotatable bonds is 11. The molecule has 3 saturated carbocycles. The first-order valence-electron chi connectivity index (χ1n) is 14.6. The molecule has 3 rings (SSSR count). The van der Waals surface area contributed by atoms with Crippen molar-refractivity contribution >= 4 is 0 Å². The molecule has 3 aliphatic carbocycles. The van der Waals surface area contributed by atoms with Gasteiger partial charge in [0.2, 0.25) is 0 Å². The quantitative estimate of drug-likeness (QED) is 0.301. The van der Waals surface area contributed by atoms with Crippen LogP contribution in [0, 0.1) is 46.3 Å². The van der Waals surface area contributed by atoms with Crippen molar-refractivity contribution in [3.05, 3.63) is 0 Å². The lowest BCUT2D eigenvalue weighted by Gasteiger charge is -2.43. The zero-order valence-electron chi connectivity index (χ0n) is 21.2. The van der Waals surface area contributed by atoms with Crippen LogP contribution in [0.5, 0.6) is 0 Å². The van der Waals surface area contributed by atoms with Gasteiger partial charge < -0.3 is 0 Å². The van der Waals surface area contributed by atoms with Gasteiger partial charge in [0.15, 0.2) is 0 Å². The van der Waals surface area contributed by atoms with Crippen molar-refractivity contribution < 1.29 is 0 Å². The van der Waals surface area contributed by atoms with Gasteiger partial charge in [-0.3, -0.25) is 0 Å². The number of hydrogen-bond donors (Lipinski definition) is 0. The second-order valence-corrected chi connectivity index (χ2v) is 12.0. The summed E-state index contributed by atoms with van der Waals surface area (Å²) >= 11 is 0. The molecule has 0 aromatic heterocycles. The topological polar surface area (TPSA) is 23.8 Å². The van der Waals surface area contributed by atoms with E-state index in [1.807, 2.05) is 0 Å². The Labute approximate surface area is 195 Å². The normalized spacial score (nSPS) is 36.7. The van der Waals surface area contributed by atoms with Crippen LogP contribution in [0.3, 0.4) is 0 Å². The van der Waals surface area contributed by atoms with Crippen LogP contribution in [0.4, 0.5) is 0 Å². The third kappa shape index (κ3) is 7.51. The fourth-order valence-corrected chi connectivity index (χ4v) is 7.78. The summed E-state index contributed by atoms with van der Waals surface area (Å²) < 4.78 is 0. The molecule has 0 N–H and O–H groups in total. The Bertz CT molecular complexity index is 517. The van der Waals surface area contributed by atoms with Gasteiger partial charge in [-0.15, -0.1) is 0 Å². The maximum Gasteiger partial charge on any atom is 0.0689 e. The van der Waals surface area contributed by atoms with Crippen LogP contribution >= 0.6 is 0 Å². The maximum absolute atomic E-state index is 9.96. The van der Waals surface area contributed by atoms with Gasteiger partial charge in [0.25, 0.3) is 0 Å². The summed E-state index contributed by atoms with van der Waals surface area (Å²) in [4.78, 5) is 0. The van der Waals surface area contributed by atoms with Crippen LogP contribution in [0.2, 0.25) is 0 Å². The van der Waals surface area contributed by atoms with E-state index in [1.165, 1.54) is 128 Å². The van der Waals surface area contributed by atoms with Crippen LogP contribution < -0.4 is 0 Å². The second kappa shape index (κ2) is 13.3. The zero-order valence-corrected chi connectivity index (χ0v) is 21.2. The van der Waals surface area contributed by atoms with Crippen molar-refractivity contribution in [2.75, 3.05) is 0 Å². The smallest absolute Gasteiger partial charge is 0.0689 e. The van der Waals surface area contributed by atoms with Crippen LogP contribution in [0.25, 0.3) is 0 Å². The van der Waals surface area contributed by atoms with E-state index in [0.717, 1.165) is 36.0 Å². The number of nitriles is 1. The molecule has 0 radical (unpaired) electrons. The lowest BCUT2D eigenvalue weighted by Crippen LogP contribution is -2.34. The van der Waals surface area contributed by atoms with E-state index in [-0.39, 0.29) is 5.41 Å². The predicted molar refractivity (Wildman–Crippen MR) is 134 cm³/mol. The Kier molecular flexibility index (Phi) is 10.7. The molecule has 3 aliphatic rings. The molecular formula is C30H53N. The van der Waals surface area contributed by atoms with Gasteiger partial charge in [0.1, 0.15) is 0 Å². The SMILES string of the molecule is CCCCCCCC1CCC(C2CCC(C3CCCC(C#N)(CCCC)C3)CC2)CC1. The Morgan fingerprint density at radius 2 is 1.26 bits per heavy atom. The van der Waals surface area contributed by atoms with Crippen molar-refractivity contribution in [3.8, 4) is 6.07 Å². The summed E-state index contributed by atoms with van der Waals surface area (Å²) in [6.45, 7) is 4.59. The molecule has 2 unspecified atom stereocenters. The van der Waals surface area contributed by atoms with E-state index in [2.05, 4.69) is 19.9 Å². The van der Waals surface area contributed by atoms with Crippen molar-refractivity contribution in [1.82, 2.24) is 0 Å². The molecule has 0 aromatic carbocycles. The molecule has 0 amide bonds. The molecule has 0 heterocycles. The highest BCUT2D eigenvalue weighted by Crippen LogP contribution is 2.50. The summed E-state index contributed by atoms with van der Waals surface area (Å²) in [6.07, 6.45) is 29.6. The van der Waals surface area contributed by atoms with Gasteiger partial charge in [-0.25, -0.2) is 0 Å². The Morgan fingerprint density at radius 3 is 1.87 bits per heavy atom. The molecule has 1 nitrogen and oxygen atoms in total. The van der Waals surface area contributed by atoms with Gasteiger partial charge in [0.05, 0.1) is 11.5 Å². The molecule has 0 aliphatic heterocycles. The Hall–Kier alpha value is -0.510. The van der Waals surface area contributed by atoms with E-state index in [9.17, 15) is 5.26 Å². The molecule has 0 spiro atoms. The second-order valence-electron chi connectivity index (χ2n) is 12.0. The van der Waals surface area contributed by atoms with Crippen LogP contribution in [0.1, 0.15) is 149 Å². The largest absolute Gasteiger partial charge is 0.198 e. The lowest BCUT2D eigenvalue weighted by atomic mass is 9.61. The molecule has 2 atom stereocenters. The van der Waals surface area contributed by atoms with Crippen molar-refractivity contribution in [1.29, 1.82) is 5.26 Å². The predicted octanol–water partition coefficient (Wildman–Crippen LogP) is 9.85. The van der Waals surface area contributed by atoms with Gasteiger partial charge in [-0.05, 0) is 87.4 Å². The minimum atomic E-state index is 0.0324. The fraction of sp³-hybridized carbons (Fsp3) is 0.967. The number of hydrogen-bond acceptors (Lipinski definition) is 1. The van der Waals surface area contributed by atoms with Gasteiger partial charge in [-0.1, -0.05) is 90.9 Å². The summed E-state index contributed by atoms with van der Waals surface area (Å²) in [6, 6.07) is 2.81. The average molecular weight is 428 g/mol. The third-order valence-corrected chi connectivity index (χ3v) is 9.89. The summed E-state index contributed by atoms with van der Waals surface area (Å²) in [7, 11) is 0. The highest BCUT2D eigenvalue weighted by molar-refractivity contribution is 5.03. The van der Waals surface area contributed by atoms with Crippen molar-refractivity contribution in [2.45, 2.75) is 149 Å². The van der Waals surface area contributed by atoms with E-state index in [1.54, 1.807) is 0 Å². The van der Waals surface area contributed by atoms with Crippen molar-refractivity contribution in [2.24, 2.45) is 35.0 Å². The summed E-state index contributed by atoms with van der Waals surface area (Å²) in [5.41, 5.74) is 0.0324. The Balaban J connectivity index is 1.36. The number of unbranched alkanes of at least 4 members (excludes halogenated alkanes) is 5. The highest BCUT2D eigenvalue weighted by atomic mass is 14.5. The monoisotopic (exact) mass is 427 g/mol. The average Bonchev–Trinajstić information content (AvgIpc) is 2.83. The Morgan fingerprint density at radius 1 is 0.677 bits per heavy atom. The van der Waals surface area contributed by atoms with E-state index >= 15 is 0 Å². The van der Waals surface area contributed by atoms with Crippen LogP contribution in [-0.2, 0) is 0 Å². The van der Waals surface area contributed by atoms with Crippen LogP contribution in [0.15, 0.2) is 0 Å². The minimum Gasteiger partial charge on any atom is -0.198 e. The zero-order chi connectivity index (χ0) is 21.9.